The normalized spacial score (nSPS) is 11.1. The molecule has 0 unspecified atom stereocenters. The lowest BCUT2D eigenvalue weighted by Gasteiger charge is -2.08. The summed E-state index contributed by atoms with van der Waals surface area (Å²) in [6.07, 6.45) is 2.57. The molecule has 0 saturated heterocycles. The second-order valence-corrected chi connectivity index (χ2v) is 5.86. The highest BCUT2D eigenvalue weighted by molar-refractivity contribution is 5.93. The highest BCUT2D eigenvalue weighted by Gasteiger charge is 2.15. The van der Waals surface area contributed by atoms with E-state index in [1.54, 1.807) is 37.3 Å². The van der Waals surface area contributed by atoms with Crippen LogP contribution in [0.4, 0.5) is 5.69 Å². The first-order valence-corrected chi connectivity index (χ1v) is 8.23. The van der Waals surface area contributed by atoms with Crippen molar-refractivity contribution >= 4 is 17.9 Å². The van der Waals surface area contributed by atoms with Crippen LogP contribution in [0.25, 0.3) is 0 Å². The molecule has 0 aliphatic carbocycles. The Balaban J connectivity index is 2.02. The second-order valence-electron chi connectivity index (χ2n) is 5.86. The van der Waals surface area contributed by atoms with Crippen molar-refractivity contribution in [3.8, 4) is 5.88 Å². The molecule has 9 heteroatoms. The van der Waals surface area contributed by atoms with E-state index in [2.05, 4.69) is 9.98 Å². The molecule has 2 aromatic heterocycles. The van der Waals surface area contributed by atoms with Gasteiger partial charge in [0, 0.05) is 6.21 Å². The third-order valence-corrected chi connectivity index (χ3v) is 4.14. The van der Waals surface area contributed by atoms with Gasteiger partial charge in [-0.25, -0.2) is 9.59 Å². The minimum absolute atomic E-state index is 0.0634. The molecule has 1 aromatic carbocycles. The van der Waals surface area contributed by atoms with Crippen LogP contribution in [0.1, 0.15) is 27.2 Å². The van der Waals surface area contributed by atoms with Gasteiger partial charge in [-0.15, -0.1) is 0 Å². The van der Waals surface area contributed by atoms with Crippen LogP contribution in [0.2, 0.25) is 0 Å². The van der Waals surface area contributed by atoms with Gasteiger partial charge in [0.2, 0.25) is 5.88 Å². The molecule has 0 amide bonds. The molecule has 0 spiro atoms. The van der Waals surface area contributed by atoms with Crippen LogP contribution in [-0.2, 0) is 11.3 Å². The summed E-state index contributed by atoms with van der Waals surface area (Å²) in [6.45, 7) is 1.62. The Labute approximate surface area is 158 Å². The zero-order valence-corrected chi connectivity index (χ0v) is 15.1. The van der Waals surface area contributed by atoms with Crippen molar-refractivity contribution < 1.29 is 19.1 Å². The van der Waals surface area contributed by atoms with Gasteiger partial charge in [-0.05, 0) is 36.8 Å². The molecule has 0 aliphatic heterocycles. The fourth-order valence-electron chi connectivity index (χ4n) is 2.62. The quantitative estimate of drug-likeness (QED) is 0.510. The number of hydrogen-bond acceptors (Lipinski definition) is 7. The number of nitrogens with zero attached hydrogens (tertiary/aromatic N) is 2. The fraction of sp³-hybridized carbons (Fsp3) is 0.158. The lowest BCUT2D eigenvalue weighted by atomic mass is 10.1. The smallest absolute Gasteiger partial charge is 0.338 e. The number of carbonyl (C=O) groups excluding carboxylic acids is 1. The number of aromatic hydroxyl groups is 1. The lowest BCUT2D eigenvalue weighted by Crippen LogP contribution is -2.32. The number of methoxy groups -OCH3 is 1. The zero-order valence-electron chi connectivity index (χ0n) is 15.1. The number of aromatic amines is 1. The maximum Gasteiger partial charge on any atom is 0.338 e. The van der Waals surface area contributed by atoms with Gasteiger partial charge in [-0.2, -0.15) is 0 Å². The molecule has 3 rings (SSSR count). The van der Waals surface area contributed by atoms with E-state index in [4.69, 9.17) is 9.15 Å². The zero-order chi connectivity index (χ0) is 20.3. The van der Waals surface area contributed by atoms with E-state index in [1.165, 1.54) is 13.4 Å². The van der Waals surface area contributed by atoms with Crippen molar-refractivity contribution in [3.63, 3.8) is 0 Å². The Hall–Kier alpha value is -3.88. The molecule has 3 aromatic rings. The van der Waals surface area contributed by atoms with Crippen LogP contribution in [0.15, 0.2) is 55.6 Å². The van der Waals surface area contributed by atoms with Crippen LogP contribution in [0.5, 0.6) is 5.88 Å². The number of H-pyrrole nitrogens is 1. The van der Waals surface area contributed by atoms with Crippen molar-refractivity contribution in [1.29, 1.82) is 0 Å². The molecular formula is C19H17N3O6. The Morgan fingerprint density at radius 2 is 2.11 bits per heavy atom. The SMILES string of the molecule is COC(=O)c1cccc(N=Cc2c(O)n(Cc3ccco3)c(=O)[nH]c2=O)c1C. The summed E-state index contributed by atoms with van der Waals surface area (Å²) in [4.78, 5) is 42.3. The first-order valence-electron chi connectivity index (χ1n) is 8.23. The van der Waals surface area contributed by atoms with Crippen molar-refractivity contribution in [2.45, 2.75) is 13.5 Å². The van der Waals surface area contributed by atoms with Crippen LogP contribution < -0.4 is 11.2 Å². The first kappa shape index (κ1) is 18.9. The number of benzene rings is 1. The molecule has 2 heterocycles. The monoisotopic (exact) mass is 383 g/mol. The number of aromatic nitrogens is 2. The number of esters is 1. The Morgan fingerprint density at radius 1 is 1.32 bits per heavy atom. The Morgan fingerprint density at radius 3 is 2.79 bits per heavy atom. The number of ether oxygens (including phenoxy) is 1. The predicted octanol–water partition coefficient (Wildman–Crippen LogP) is 1.73. The average Bonchev–Trinajstić information content (AvgIpc) is 3.18. The molecule has 0 bridgehead atoms. The van der Waals surface area contributed by atoms with Gasteiger partial charge in [0.25, 0.3) is 5.56 Å². The molecule has 9 nitrogen and oxygen atoms in total. The summed E-state index contributed by atoms with van der Waals surface area (Å²) in [6, 6.07) is 8.12. The van der Waals surface area contributed by atoms with E-state index < -0.39 is 23.1 Å². The first-order chi connectivity index (χ1) is 13.4. The van der Waals surface area contributed by atoms with Crippen molar-refractivity contribution in [1.82, 2.24) is 9.55 Å². The summed E-state index contributed by atoms with van der Waals surface area (Å²) < 4.78 is 10.8. The lowest BCUT2D eigenvalue weighted by molar-refractivity contribution is 0.0600. The van der Waals surface area contributed by atoms with Crippen molar-refractivity contribution in [2.24, 2.45) is 4.99 Å². The maximum atomic E-state index is 12.1. The van der Waals surface area contributed by atoms with Gasteiger partial charge in [0.1, 0.15) is 11.3 Å². The van der Waals surface area contributed by atoms with Crippen LogP contribution >= 0.6 is 0 Å². The standard InChI is InChI=1S/C19H17N3O6/c1-11-13(18(25)27-2)6-3-7-15(11)20-9-14-16(23)21-19(26)22(17(14)24)10-12-5-4-8-28-12/h3-9,24H,10H2,1-2H3,(H,21,23,26). The van der Waals surface area contributed by atoms with Crippen molar-refractivity contribution in [2.75, 3.05) is 7.11 Å². The number of rotatable bonds is 5. The predicted molar refractivity (Wildman–Crippen MR) is 101 cm³/mol. The maximum absolute atomic E-state index is 12.1. The summed E-state index contributed by atoms with van der Waals surface area (Å²) >= 11 is 0. The molecule has 144 valence electrons. The molecular weight excluding hydrogens is 366 g/mol. The minimum Gasteiger partial charge on any atom is -0.494 e. The highest BCUT2D eigenvalue weighted by atomic mass is 16.5. The van der Waals surface area contributed by atoms with Gasteiger partial charge >= 0.3 is 11.7 Å². The van der Waals surface area contributed by atoms with Crippen molar-refractivity contribution in [3.05, 3.63) is 79.9 Å². The van der Waals surface area contributed by atoms with Crippen LogP contribution in [0.3, 0.4) is 0 Å². The Bertz CT molecular complexity index is 1160. The summed E-state index contributed by atoms with van der Waals surface area (Å²) in [7, 11) is 1.28. The number of carbonyl (C=O) groups is 1. The highest BCUT2D eigenvalue weighted by Crippen LogP contribution is 2.23. The van der Waals surface area contributed by atoms with Gasteiger partial charge < -0.3 is 14.3 Å². The average molecular weight is 383 g/mol. The molecule has 28 heavy (non-hydrogen) atoms. The van der Waals surface area contributed by atoms with Crippen LogP contribution in [-0.4, -0.2) is 34.0 Å². The van der Waals surface area contributed by atoms with E-state index >= 15 is 0 Å². The van der Waals surface area contributed by atoms with Gasteiger partial charge in [0.05, 0.1) is 31.2 Å². The number of nitrogens with one attached hydrogen (secondary N) is 1. The topological polar surface area (TPSA) is 127 Å². The number of furan rings is 1. The van der Waals surface area contributed by atoms with E-state index in [0.717, 1.165) is 10.8 Å². The van der Waals surface area contributed by atoms with Gasteiger partial charge in [-0.1, -0.05) is 6.07 Å². The molecule has 0 saturated carbocycles. The number of hydrogen-bond donors (Lipinski definition) is 2. The third-order valence-electron chi connectivity index (χ3n) is 4.14. The molecule has 0 atom stereocenters. The van der Waals surface area contributed by atoms with Crippen LogP contribution in [0, 0.1) is 6.92 Å². The molecule has 0 fully saturated rings. The Kier molecular flexibility index (Phi) is 5.25. The van der Waals surface area contributed by atoms with E-state index in [-0.39, 0.29) is 12.1 Å². The molecule has 2 N–H and O–H groups in total. The summed E-state index contributed by atoms with van der Waals surface area (Å²) in [5.74, 6) is -0.633. The fourth-order valence-corrected chi connectivity index (χ4v) is 2.62. The molecule has 0 aliphatic rings. The van der Waals surface area contributed by atoms with E-state index in [0.29, 0.717) is 22.6 Å². The van der Waals surface area contributed by atoms with E-state index in [1.807, 2.05) is 0 Å². The van der Waals surface area contributed by atoms with Gasteiger partial charge in [-0.3, -0.25) is 19.3 Å². The van der Waals surface area contributed by atoms with E-state index in [9.17, 15) is 19.5 Å². The second kappa shape index (κ2) is 7.78. The third kappa shape index (κ3) is 3.63. The minimum atomic E-state index is -0.788. The number of aliphatic imine (C=N–C) groups is 1. The van der Waals surface area contributed by atoms with Gasteiger partial charge in [0.15, 0.2) is 0 Å². The summed E-state index contributed by atoms with van der Waals surface area (Å²) in [5, 5.41) is 10.4. The molecule has 0 radical (unpaired) electrons. The largest absolute Gasteiger partial charge is 0.494 e. The summed E-state index contributed by atoms with van der Waals surface area (Å²) in [5.41, 5.74) is -0.480.